The Morgan fingerprint density at radius 2 is 2.05 bits per heavy atom. The molecule has 1 aromatic carbocycles. The molecule has 0 amide bonds. The maximum Gasteiger partial charge on any atom is 0.337 e. The molecular formula is C13H11IN2O4. The van der Waals surface area contributed by atoms with Gasteiger partial charge in [0.2, 0.25) is 5.88 Å². The summed E-state index contributed by atoms with van der Waals surface area (Å²) in [5.74, 6) is 0.857. The monoisotopic (exact) mass is 386 g/mol. The van der Waals surface area contributed by atoms with Gasteiger partial charge >= 0.3 is 5.97 Å². The molecular weight excluding hydrogens is 375 g/mol. The third-order valence-corrected chi connectivity index (χ3v) is 3.17. The zero-order valence-electron chi connectivity index (χ0n) is 10.8. The molecule has 1 heterocycles. The number of rotatable bonds is 4. The fraction of sp³-hybridized carbons (Fsp3) is 0.154. The third-order valence-electron chi connectivity index (χ3n) is 2.43. The highest BCUT2D eigenvalue weighted by molar-refractivity contribution is 14.1. The Hall–Kier alpha value is -1.90. The summed E-state index contributed by atoms with van der Waals surface area (Å²) >= 11 is 2.07. The quantitative estimate of drug-likeness (QED) is 0.595. The van der Waals surface area contributed by atoms with Crippen molar-refractivity contribution in [3.63, 3.8) is 0 Å². The summed E-state index contributed by atoms with van der Waals surface area (Å²) in [6, 6.07) is 4.77. The van der Waals surface area contributed by atoms with Crippen molar-refractivity contribution in [2.75, 3.05) is 14.2 Å². The second kappa shape index (κ2) is 6.51. The first-order valence-electron chi connectivity index (χ1n) is 5.55. The number of nitrogens with zero attached hydrogens (tertiary/aromatic N) is 2. The standard InChI is InChI=1S/C13H11IN2O4/c1-18-11-5-8(13(17)19-2)3-4-10(11)20-12-9(14)6-15-7-16-12/h3-7H,1-2H3. The van der Waals surface area contributed by atoms with Crippen molar-refractivity contribution in [2.24, 2.45) is 0 Å². The molecule has 0 atom stereocenters. The van der Waals surface area contributed by atoms with Gasteiger partial charge in [0, 0.05) is 6.20 Å². The highest BCUT2D eigenvalue weighted by Gasteiger charge is 2.13. The molecule has 0 unspecified atom stereocenters. The molecule has 0 spiro atoms. The molecule has 7 heteroatoms. The van der Waals surface area contributed by atoms with Crippen LogP contribution in [0.1, 0.15) is 10.4 Å². The summed E-state index contributed by atoms with van der Waals surface area (Å²) in [4.78, 5) is 19.4. The number of methoxy groups -OCH3 is 2. The Labute approximate surface area is 129 Å². The molecule has 0 saturated carbocycles. The lowest BCUT2D eigenvalue weighted by atomic mass is 10.2. The molecule has 104 valence electrons. The van der Waals surface area contributed by atoms with Crippen molar-refractivity contribution in [3.05, 3.63) is 39.9 Å². The molecule has 0 radical (unpaired) electrons. The summed E-state index contributed by atoms with van der Waals surface area (Å²) in [6.07, 6.45) is 3.03. The molecule has 0 aliphatic heterocycles. The van der Waals surface area contributed by atoms with E-state index in [0.29, 0.717) is 22.9 Å². The van der Waals surface area contributed by atoms with Crippen LogP contribution in [0.15, 0.2) is 30.7 Å². The van der Waals surface area contributed by atoms with Crippen molar-refractivity contribution in [3.8, 4) is 17.4 Å². The van der Waals surface area contributed by atoms with E-state index in [2.05, 4.69) is 37.3 Å². The topological polar surface area (TPSA) is 70.5 Å². The van der Waals surface area contributed by atoms with Crippen LogP contribution in [0.3, 0.4) is 0 Å². The van der Waals surface area contributed by atoms with Gasteiger partial charge in [-0.15, -0.1) is 0 Å². The lowest BCUT2D eigenvalue weighted by molar-refractivity contribution is 0.0600. The molecule has 0 fully saturated rings. The lowest BCUT2D eigenvalue weighted by Crippen LogP contribution is -2.02. The van der Waals surface area contributed by atoms with Gasteiger partial charge in [-0.2, -0.15) is 0 Å². The fourth-order valence-corrected chi connectivity index (χ4v) is 1.89. The maximum absolute atomic E-state index is 11.5. The second-order valence-electron chi connectivity index (χ2n) is 3.64. The number of hydrogen-bond donors (Lipinski definition) is 0. The van der Waals surface area contributed by atoms with E-state index >= 15 is 0 Å². The van der Waals surface area contributed by atoms with E-state index in [1.165, 1.54) is 20.5 Å². The SMILES string of the molecule is COC(=O)c1ccc(Oc2ncncc2I)c(OC)c1. The normalized spacial score (nSPS) is 9.95. The number of aromatic nitrogens is 2. The van der Waals surface area contributed by atoms with Crippen molar-refractivity contribution in [2.45, 2.75) is 0 Å². The van der Waals surface area contributed by atoms with E-state index in [-0.39, 0.29) is 0 Å². The van der Waals surface area contributed by atoms with Gasteiger partial charge in [0.1, 0.15) is 6.33 Å². The van der Waals surface area contributed by atoms with Gasteiger partial charge < -0.3 is 14.2 Å². The van der Waals surface area contributed by atoms with E-state index in [1.807, 2.05) is 0 Å². The number of carbonyl (C=O) groups excluding carboxylic acids is 1. The second-order valence-corrected chi connectivity index (χ2v) is 4.80. The predicted molar refractivity (Wildman–Crippen MR) is 79.2 cm³/mol. The Morgan fingerprint density at radius 1 is 1.25 bits per heavy atom. The minimum Gasteiger partial charge on any atom is -0.493 e. The number of hydrogen-bond acceptors (Lipinski definition) is 6. The van der Waals surface area contributed by atoms with E-state index < -0.39 is 5.97 Å². The zero-order chi connectivity index (χ0) is 14.5. The van der Waals surface area contributed by atoms with Crippen LogP contribution in [0.5, 0.6) is 17.4 Å². The largest absolute Gasteiger partial charge is 0.493 e. The van der Waals surface area contributed by atoms with E-state index in [0.717, 1.165) is 3.57 Å². The van der Waals surface area contributed by atoms with Gasteiger partial charge in [0.25, 0.3) is 0 Å². The molecule has 6 nitrogen and oxygen atoms in total. The minimum atomic E-state index is -0.438. The van der Waals surface area contributed by atoms with Crippen LogP contribution in [0, 0.1) is 3.57 Å². The summed E-state index contributed by atoms with van der Waals surface area (Å²) < 4.78 is 16.3. The van der Waals surface area contributed by atoms with E-state index in [9.17, 15) is 4.79 Å². The van der Waals surface area contributed by atoms with Gasteiger partial charge in [-0.1, -0.05) is 0 Å². The Kier molecular flexibility index (Phi) is 4.72. The summed E-state index contributed by atoms with van der Waals surface area (Å²) in [5.41, 5.74) is 0.383. The number of ether oxygens (including phenoxy) is 3. The number of benzene rings is 1. The van der Waals surface area contributed by atoms with Crippen molar-refractivity contribution in [1.82, 2.24) is 9.97 Å². The lowest BCUT2D eigenvalue weighted by Gasteiger charge is -2.11. The van der Waals surface area contributed by atoms with Gasteiger partial charge in [-0.05, 0) is 40.8 Å². The van der Waals surface area contributed by atoms with E-state index in [1.54, 1.807) is 24.4 Å². The van der Waals surface area contributed by atoms with Crippen LogP contribution in [0.2, 0.25) is 0 Å². The average Bonchev–Trinajstić information content (AvgIpc) is 2.49. The van der Waals surface area contributed by atoms with Gasteiger partial charge in [-0.25, -0.2) is 14.8 Å². The molecule has 0 N–H and O–H groups in total. The Morgan fingerprint density at radius 3 is 2.70 bits per heavy atom. The van der Waals surface area contributed by atoms with Crippen LogP contribution in [-0.2, 0) is 4.74 Å². The van der Waals surface area contributed by atoms with Crippen LogP contribution >= 0.6 is 22.6 Å². The first-order chi connectivity index (χ1) is 9.65. The summed E-state index contributed by atoms with van der Waals surface area (Å²) in [7, 11) is 2.82. The molecule has 2 rings (SSSR count). The smallest absolute Gasteiger partial charge is 0.337 e. The predicted octanol–water partition coefficient (Wildman–Crippen LogP) is 2.67. The van der Waals surface area contributed by atoms with Crippen LogP contribution in [0.4, 0.5) is 0 Å². The summed E-state index contributed by atoms with van der Waals surface area (Å²) in [5, 5.41) is 0. The molecule has 20 heavy (non-hydrogen) atoms. The molecule has 0 saturated heterocycles. The first-order valence-corrected chi connectivity index (χ1v) is 6.63. The average molecular weight is 386 g/mol. The molecule has 2 aromatic rings. The molecule has 0 aliphatic rings. The van der Waals surface area contributed by atoms with Crippen molar-refractivity contribution < 1.29 is 19.0 Å². The summed E-state index contributed by atoms with van der Waals surface area (Å²) in [6.45, 7) is 0. The maximum atomic E-state index is 11.5. The zero-order valence-corrected chi connectivity index (χ0v) is 12.9. The fourth-order valence-electron chi connectivity index (χ4n) is 1.48. The van der Waals surface area contributed by atoms with Gasteiger partial charge in [0.05, 0.1) is 23.4 Å². The van der Waals surface area contributed by atoms with Crippen molar-refractivity contribution >= 4 is 28.6 Å². The highest BCUT2D eigenvalue weighted by atomic mass is 127. The number of esters is 1. The first kappa shape index (κ1) is 14.5. The minimum absolute atomic E-state index is 0.383. The van der Waals surface area contributed by atoms with Crippen LogP contribution < -0.4 is 9.47 Å². The molecule has 0 aliphatic carbocycles. The highest BCUT2D eigenvalue weighted by Crippen LogP contribution is 2.33. The van der Waals surface area contributed by atoms with Gasteiger partial charge in [0.15, 0.2) is 11.5 Å². The van der Waals surface area contributed by atoms with Crippen molar-refractivity contribution in [1.29, 1.82) is 0 Å². The van der Waals surface area contributed by atoms with Gasteiger partial charge in [-0.3, -0.25) is 0 Å². The van der Waals surface area contributed by atoms with Crippen LogP contribution in [-0.4, -0.2) is 30.2 Å². The third kappa shape index (κ3) is 3.16. The number of halogens is 1. The molecule has 0 bridgehead atoms. The molecule has 1 aromatic heterocycles. The number of carbonyl (C=O) groups is 1. The van der Waals surface area contributed by atoms with Crippen LogP contribution in [0.25, 0.3) is 0 Å². The Balaban J connectivity index is 2.33. The Bertz CT molecular complexity index is 634. The van der Waals surface area contributed by atoms with E-state index in [4.69, 9.17) is 9.47 Å².